The van der Waals surface area contributed by atoms with Crippen molar-refractivity contribution in [1.29, 1.82) is 0 Å². The number of amides is 1. The van der Waals surface area contributed by atoms with Crippen molar-refractivity contribution in [3.8, 4) is 0 Å². The molecule has 0 radical (unpaired) electrons. The van der Waals surface area contributed by atoms with Crippen LogP contribution in [0.3, 0.4) is 0 Å². The zero-order valence-electron chi connectivity index (χ0n) is 16.1. The molecule has 0 aliphatic rings. The van der Waals surface area contributed by atoms with Crippen LogP contribution in [0.5, 0.6) is 0 Å². The van der Waals surface area contributed by atoms with Gasteiger partial charge in [-0.05, 0) is 54.6 Å². The van der Waals surface area contributed by atoms with Crippen LogP contribution in [0.1, 0.15) is 10.4 Å². The molecule has 1 amide bonds. The first kappa shape index (κ1) is 21.8. The van der Waals surface area contributed by atoms with Gasteiger partial charge in [0, 0.05) is 14.8 Å². The summed E-state index contributed by atoms with van der Waals surface area (Å²) in [7, 11) is 0. The molecule has 31 heavy (non-hydrogen) atoms. The molecule has 4 rings (SSSR count). The summed E-state index contributed by atoms with van der Waals surface area (Å²) in [4.78, 5) is 19.8. The van der Waals surface area contributed by atoms with Crippen LogP contribution in [-0.4, -0.2) is 10.9 Å². The number of rotatable bonds is 6. The Bertz CT molecular complexity index is 1200. The lowest BCUT2D eigenvalue weighted by Gasteiger charge is -2.13. The Kier molecular flexibility index (Phi) is 7.20. The predicted molar refractivity (Wildman–Crippen MR) is 130 cm³/mol. The van der Waals surface area contributed by atoms with Gasteiger partial charge in [0.15, 0.2) is 0 Å². The molecule has 3 nitrogen and oxygen atoms in total. The molecule has 3 aromatic carbocycles. The fourth-order valence-corrected chi connectivity index (χ4v) is 4.98. The van der Waals surface area contributed by atoms with Gasteiger partial charge in [0.05, 0.1) is 16.3 Å². The molecular formula is C24H16Cl2N2OS2. The summed E-state index contributed by atoms with van der Waals surface area (Å²) in [5.74, 6) is -0.318. The first-order valence-corrected chi connectivity index (χ1v) is 11.7. The van der Waals surface area contributed by atoms with E-state index in [4.69, 9.17) is 28.2 Å². The Hall–Kier alpha value is -2.44. The number of aromatic nitrogens is 1. The lowest BCUT2D eigenvalue weighted by molar-refractivity contribution is 0.102. The third-order valence-electron chi connectivity index (χ3n) is 4.18. The quantitative estimate of drug-likeness (QED) is 0.302. The highest BCUT2D eigenvalue weighted by molar-refractivity contribution is 8.00. The number of anilines is 1. The Morgan fingerprint density at radius 2 is 1.42 bits per heavy atom. The lowest BCUT2D eigenvalue weighted by Crippen LogP contribution is -2.13. The summed E-state index contributed by atoms with van der Waals surface area (Å²) < 4.78 is 0. The van der Waals surface area contributed by atoms with E-state index in [1.807, 2.05) is 72.8 Å². The zero-order valence-corrected chi connectivity index (χ0v) is 19.2. The molecule has 0 bridgehead atoms. The minimum absolute atomic E-state index is 0.298. The molecular weight excluding hydrogens is 467 g/mol. The second-order valence-corrected chi connectivity index (χ2v) is 9.41. The van der Waals surface area contributed by atoms with Gasteiger partial charge < -0.3 is 5.32 Å². The molecule has 0 saturated carbocycles. The zero-order chi connectivity index (χ0) is 21.6. The molecule has 7 heteroatoms. The number of benzene rings is 3. The van der Waals surface area contributed by atoms with E-state index in [-0.39, 0.29) is 5.91 Å². The Morgan fingerprint density at radius 1 is 0.774 bits per heavy atom. The van der Waals surface area contributed by atoms with Crippen molar-refractivity contribution >= 4 is 58.3 Å². The van der Waals surface area contributed by atoms with E-state index >= 15 is 0 Å². The topological polar surface area (TPSA) is 42.0 Å². The third kappa shape index (κ3) is 5.83. The van der Waals surface area contributed by atoms with Gasteiger partial charge in [-0.2, -0.15) is 0 Å². The maximum atomic E-state index is 12.8. The summed E-state index contributed by atoms with van der Waals surface area (Å²) >= 11 is 15.2. The fourth-order valence-electron chi connectivity index (χ4n) is 2.73. The smallest absolute Gasteiger partial charge is 0.257 e. The maximum absolute atomic E-state index is 12.8. The average molecular weight is 483 g/mol. The molecule has 154 valence electrons. The van der Waals surface area contributed by atoms with Crippen LogP contribution in [0, 0.1) is 0 Å². The number of nitrogens with one attached hydrogen (secondary N) is 1. The highest BCUT2D eigenvalue weighted by Gasteiger charge is 2.15. The summed E-state index contributed by atoms with van der Waals surface area (Å²) in [5, 5.41) is 5.25. The van der Waals surface area contributed by atoms with Gasteiger partial charge in [0.1, 0.15) is 10.1 Å². The van der Waals surface area contributed by atoms with Crippen LogP contribution < -0.4 is 5.32 Å². The fraction of sp³-hybridized carbons (Fsp3) is 0. The van der Waals surface area contributed by atoms with Crippen molar-refractivity contribution in [2.24, 2.45) is 0 Å². The number of carbonyl (C=O) groups excluding carboxylic acids is 1. The van der Waals surface area contributed by atoms with Crippen LogP contribution in [0.25, 0.3) is 0 Å². The van der Waals surface area contributed by atoms with Gasteiger partial charge in [-0.25, -0.2) is 4.98 Å². The number of nitrogens with zero attached hydrogens (tertiary/aromatic N) is 1. The van der Waals surface area contributed by atoms with E-state index in [0.717, 1.165) is 14.8 Å². The van der Waals surface area contributed by atoms with Crippen LogP contribution in [-0.2, 0) is 0 Å². The standard InChI is InChI=1S/C24H16Cl2N2OS2/c25-16-11-12-19(20(26)15-16)23(29)27-21-13-14-22(30-17-7-3-1-4-8-17)28-24(21)31-18-9-5-2-6-10-18/h1-15H,(H,27,29). The number of carbonyl (C=O) groups is 1. The van der Waals surface area contributed by atoms with Gasteiger partial charge in [-0.15, -0.1) is 0 Å². The minimum Gasteiger partial charge on any atom is -0.320 e. The monoisotopic (exact) mass is 482 g/mol. The van der Waals surface area contributed by atoms with Gasteiger partial charge in [-0.3, -0.25) is 4.79 Å². The lowest BCUT2D eigenvalue weighted by atomic mass is 10.2. The van der Waals surface area contributed by atoms with Gasteiger partial charge >= 0.3 is 0 Å². The van der Waals surface area contributed by atoms with Crippen LogP contribution in [0.4, 0.5) is 5.69 Å². The molecule has 1 aromatic heterocycles. The number of hydrogen-bond acceptors (Lipinski definition) is 4. The largest absolute Gasteiger partial charge is 0.320 e. The van der Waals surface area contributed by atoms with Crippen molar-refractivity contribution in [3.63, 3.8) is 0 Å². The van der Waals surface area contributed by atoms with E-state index in [9.17, 15) is 4.79 Å². The van der Waals surface area contributed by atoms with E-state index in [1.165, 1.54) is 11.8 Å². The van der Waals surface area contributed by atoms with E-state index in [0.29, 0.717) is 26.3 Å². The molecule has 0 fully saturated rings. The predicted octanol–water partition coefficient (Wildman–Crippen LogP) is 7.94. The normalized spacial score (nSPS) is 10.6. The van der Waals surface area contributed by atoms with E-state index < -0.39 is 0 Å². The number of pyridine rings is 1. The molecule has 0 atom stereocenters. The number of hydrogen-bond donors (Lipinski definition) is 1. The molecule has 0 spiro atoms. The highest BCUT2D eigenvalue weighted by atomic mass is 35.5. The second kappa shape index (κ2) is 10.2. The van der Waals surface area contributed by atoms with Crippen LogP contribution in [0.2, 0.25) is 10.0 Å². The maximum Gasteiger partial charge on any atom is 0.257 e. The Morgan fingerprint density at radius 3 is 2.06 bits per heavy atom. The minimum atomic E-state index is -0.318. The Labute approximate surface area is 199 Å². The van der Waals surface area contributed by atoms with Crippen LogP contribution >= 0.6 is 46.7 Å². The SMILES string of the molecule is O=C(Nc1ccc(Sc2ccccc2)nc1Sc1ccccc1)c1ccc(Cl)cc1Cl. The van der Waals surface area contributed by atoms with Gasteiger partial charge in [0.25, 0.3) is 5.91 Å². The van der Waals surface area contributed by atoms with Crippen molar-refractivity contribution < 1.29 is 4.79 Å². The summed E-state index contributed by atoms with van der Waals surface area (Å²) in [5.41, 5.74) is 0.965. The summed E-state index contributed by atoms with van der Waals surface area (Å²) in [6.07, 6.45) is 0. The second-order valence-electron chi connectivity index (χ2n) is 6.41. The summed E-state index contributed by atoms with van der Waals surface area (Å²) in [6.45, 7) is 0. The van der Waals surface area contributed by atoms with Crippen molar-refractivity contribution in [2.75, 3.05) is 5.32 Å². The molecule has 0 saturated heterocycles. The molecule has 0 aliphatic heterocycles. The van der Waals surface area contributed by atoms with Crippen molar-refractivity contribution in [3.05, 3.63) is 107 Å². The first-order chi connectivity index (χ1) is 15.1. The van der Waals surface area contributed by atoms with E-state index in [1.54, 1.807) is 30.0 Å². The molecule has 4 aromatic rings. The molecule has 1 N–H and O–H groups in total. The van der Waals surface area contributed by atoms with Gasteiger partial charge in [0.2, 0.25) is 0 Å². The molecule has 0 aliphatic carbocycles. The Balaban J connectivity index is 1.64. The molecule has 1 heterocycles. The highest BCUT2D eigenvalue weighted by Crippen LogP contribution is 2.36. The molecule has 0 unspecified atom stereocenters. The average Bonchev–Trinajstić information content (AvgIpc) is 2.77. The van der Waals surface area contributed by atoms with Crippen molar-refractivity contribution in [2.45, 2.75) is 19.8 Å². The number of halogens is 2. The first-order valence-electron chi connectivity index (χ1n) is 9.32. The van der Waals surface area contributed by atoms with Gasteiger partial charge in [-0.1, -0.05) is 83.1 Å². The summed E-state index contributed by atoms with van der Waals surface area (Å²) in [6, 6.07) is 28.5. The third-order valence-corrected chi connectivity index (χ3v) is 6.69. The van der Waals surface area contributed by atoms with E-state index in [2.05, 4.69) is 5.32 Å². The van der Waals surface area contributed by atoms with Crippen molar-refractivity contribution in [1.82, 2.24) is 4.98 Å². The van der Waals surface area contributed by atoms with Crippen LogP contribution in [0.15, 0.2) is 111 Å².